The summed E-state index contributed by atoms with van der Waals surface area (Å²) in [6.45, 7) is 3.01. The van der Waals surface area contributed by atoms with E-state index in [-0.39, 0.29) is 0 Å². The van der Waals surface area contributed by atoms with Crippen LogP contribution < -0.4 is 0 Å². The van der Waals surface area contributed by atoms with Gasteiger partial charge in [0.25, 0.3) is 0 Å². The van der Waals surface area contributed by atoms with Crippen LogP contribution in [0.1, 0.15) is 18.4 Å². The molecule has 0 saturated carbocycles. The zero-order chi connectivity index (χ0) is 12.1. The van der Waals surface area contributed by atoms with Gasteiger partial charge in [-0.25, -0.2) is 0 Å². The zero-order valence-corrected chi connectivity index (χ0v) is 10.0. The van der Waals surface area contributed by atoms with E-state index in [0.717, 1.165) is 32.5 Å². The summed E-state index contributed by atoms with van der Waals surface area (Å²) in [4.78, 5) is 12.8. The Bertz CT molecular complexity index is 358. The van der Waals surface area contributed by atoms with Crippen molar-refractivity contribution in [3.63, 3.8) is 0 Å². The molecule has 0 radical (unpaired) electrons. The van der Waals surface area contributed by atoms with Gasteiger partial charge in [0, 0.05) is 13.1 Å². The molecule has 1 aliphatic rings. The van der Waals surface area contributed by atoms with Crippen LogP contribution in [0.5, 0.6) is 0 Å². The fourth-order valence-corrected chi connectivity index (χ4v) is 2.39. The summed E-state index contributed by atoms with van der Waals surface area (Å²) in [6, 6.07) is 10.5. The fourth-order valence-electron chi connectivity index (χ4n) is 2.39. The smallest absolute Gasteiger partial charge is 0.303 e. The van der Waals surface area contributed by atoms with E-state index in [1.54, 1.807) is 0 Å². The number of carbonyl (C=O) groups is 1. The third kappa shape index (κ3) is 3.86. The van der Waals surface area contributed by atoms with Crippen LogP contribution in [0.25, 0.3) is 0 Å². The molecule has 1 aromatic carbocycles. The van der Waals surface area contributed by atoms with Gasteiger partial charge in [0.2, 0.25) is 0 Å². The van der Waals surface area contributed by atoms with Gasteiger partial charge in [-0.3, -0.25) is 4.79 Å². The lowest BCUT2D eigenvalue weighted by Crippen LogP contribution is -2.47. The highest BCUT2D eigenvalue weighted by atomic mass is 16.4. The minimum atomic E-state index is -0.668. The molecule has 0 atom stereocenters. The minimum absolute atomic E-state index is 0.329. The molecule has 0 aliphatic carbocycles. The van der Waals surface area contributed by atoms with Crippen LogP contribution >= 0.6 is 0 Å². The van der Waals surface area contributed by atoms with Crippen LogP contribution in [0.3, 0.4) is 0 Å². The quantitative estimate of drug-likeness (QED) is 0.817. The van der Waals surface area contributed by atoms with Crippen molar-refractivity contribution in [2.45, 2.75) is 19.3 Å². The van der Waals surface area contributed by atoms with Crippen LogP contribution in [0.4, 0.5) is 0 Å². The van der Waals surface area contributed by atoms with E-state index in [9.17, 15) is 4.79 Å². The van der Waals surface area contributed by atoms with Crippen molar-refractivity contribution in [2.24, 2.45) is 5.92 Å². The molecule has 1 aromatic rings. The van der Waals surface area contributed by atoms with Gasteiger partial charge >= 0.3 is 5.97 Å². The van der Waals surface area contributed by atoms with Gasteiger partial charge in [-0.15, -0.1) is 0 Å². The zero-order valence-electron chi connectivity index (χ0n) is 10.0. The third-order valence-electron chi connectivity index (χ3n) is 3.28. The first-order chi connectivity index (χ1) is 8.24. The monoisotopic (exact) mass is 233 g/mol. The van der Waals surface area contributed by atoms with Crippen molar-refractivity contribution in [3.05, 3.63) is 35.9 Å². The van der Waals surface area contributed by atoms with Gasteiger partial charge in [-0.05, 0) is 30.9 Å². The Morgan fingerprint density at radius 1 is 1.29 bits per heavy atom. The van der Waals surface area contributed by atoms with Crippen LogP contribution in [0, 0.1) is 5.92 Å². The van der Waals surface area contributed by atoms with Crippen LogP contribution in [0.15, 0.2) is 30.3 Å². The van der Waals surface area contributed by atoms with Crippen molar-refractivity contribution >= 4 is 5.97 Å². The largest absolute Gasteiger partial charge is 0.481 e. The van der Waals surface area contributed by atoms with Crippen molar-refractivity contribution < 1.29 is 9.90 Å². The van der Waals surface area contributed by atoms with Gasteiger partial charge in [-0.1, -0.05) is 30.3 Å². The third-order valence-corrected chi connectivity index (χ3v) is 3.28. The van der Waals surface area contributed by atoms with Crippen LogP contribution in [-0.4, -0.2) is 35.6 Å². The predicted octanol–water partition coefficient (Wildman–Crippen LogP) is 2.03. The van der Waals surface area contributed by atoms with Crippen molar-refractivity contribution in [1.82, 2.24) is 4.90 Å². The normalized spacial score (nSPS) is 16.7. The molecule has 0 spiro atoms. The molecule has 3 nitrogen and oxygen atoms in total. The van der Waals surface area contributed by atoms with Crippen molar-refractivity contribution in [2.75, 3.05) is 19.6 Å². The molecular formula is C14H19NO2. The van der Waals surface area contributed by atoms with Gasteiger partial charge in [-0.2, -0.15) is 0 Å². The van der Waals surface area contributed by atoms with E-state index in [4.69, 9.17) is 5.11 Å². The number of hydrogen-bond donors (Lipinski definition) is 1. The first-order valence-electron chi connectivity index (χ1n) is 6.22. The second-order valence-electron chi connectivity index (χ2n) is 4.81. The molecule has 92 valence electrons. The van der Waals surface area contributed by atoms with E-state index >= 15 is 0 Å². The Balaban J connectivity index is 1.58. The standard InChI is InChI=1S/C14H19NO2/c16-14(17)9-13-10-15(11-13)8-4-7-12-5-2-1-3-6-12/h1-3,5-6,13H,4,7-11H2,(H,16,17). The molecule has 0 bridgehead atoms. The number of hydrogen-bond acceptors (Lipinski definition) is 2. The molecule has 2 rings (SSSR count). The number of rotatable bonds is 6. The summed E-state index contributed by atoms with van der Waals surface area (Å²) in [7, 11) is 0. The average molecular weight is 233 g/mol. The van der Waals surface area contributed by atoms with Crippen molar-refractivity contribution in [3.8, 4) is 0 Å². The lowest BCUT2D eigenvalue weighted by atomic mass is 9.96. The molecule has 0 amide bonds. The topological polar surface area (TPSA) is 40.5 Å². The second kappa shape index (κ2) is 5.82. The number of nitrogens with zero attached hydrogens (tertiary/aromatic N) is 1. The highest BCUT2D eigenvalue weighted by molar-refractivity contribution is 5.67. The molecule has 0 unspecified atom stereocenters. The SMILES string of the molecule is O=C(O)CC1CN(CCCc2ccccc2)C1. The fraction of sp³-hybridized carbons (Fsp3) is 0.500. The number of carboxylic acid groups (broad SMARTS) is 1. The molecule has 1 saturated heterocycles. The maximum absolute atomic E-state index is 10.5. The Morgan fingerprint density at radius 2 is 2.00 bits per heavy atom. The van der Waals surface area contributed by atoms with Gasteiger partial charge in [0.15, 0.2) is 0 Å². The number of likely N-dealkylation sites (tertiary alicyclic amines) is 1. The van der Waals surface area contributed by atoms with E-state index < -0.39 is 5.97 Å². The molecule has 1 fully saturated rings. The predicted molar refractivity (Wildman–Crippen MR) is 66.9 cm³/mol. The number of aliphatic carboxylic acids is 1. The average Bonchev–Trinajstić information content (AvgIpc) is 2.26. The first-order valence-corrected chi connectivity index (χ1v) is 6.22. The summed E-state index contributed by atoms with van der Waals surface area (Å²) >= 11 is 0. The molecule has 3 heteroatoms. The summed E-state index contributed by atoms with van der Waals surface area (Å²) in [5, 5.41) is 8.64. The molecule has 1 aliphatic heterocycles. The maximum Gasteiger partial charge on any atom is 0.303 e. The number of carboxylic acids is 1. The van der Waals surface area contributed by atoms with Gasteiger partial charge in [0.05, 0.1) is 6.42 Å². The molecule has 17 heavy (non-hydrogen) atoms. The van der Waals surface area contributed by atoms with Crippen molar-refractivity contribution in [1.29, 1.82) is 0 Å². The Kier molecular flexibility index (Phi) is 4.15. The highest BCUT2D eigenvalue weighted by Gasteiger charge is 2.27. The lowest BCUT2D eigenvalue weighted by molar-refractivity contribution is -0.139. The highest BCUT2D eigenvalue weighted by Crippen LogP contribution is 2.19. The van der Waals surface area contributed by atoms with Gasteiger partial charge in [0.1, 0.15) is 0 Å². The summed E-state index contributed by atoms with van der Waals surface area (Å²) in [5.74, 6) is -0.289. The number of benzene rings is 1. The van der Waals surface area contributed by atoms with Gasteiger partial charge < -0.3 is 10.0 Å². The molecular weight excluding hydrogens is 214 g/mol. The first kappa shape index (κ1) is 12.1. The Labute approximate surface area is 102 Å². The van der Waals surface area contributed by atoms with E-state index in [1.807, 2.05) is 6.07 Å². The number of aryl methyl sites for hydroxylation is 1. The Hall–Kier alpha value is -1.35. The van der Waals surface area contributed by atoms with E-state index in [0.29, 0.717) is 12.3 Å². The summed E-state index contributed by atoms with van der Waals surface area (Å²) < 4.78 is 0. The summed E-state index contributed by atoms with van der Waals surface area (Å²) in [6.07, 6.45) is 2.60. The van der Waals surface area contributed by atoms with E-state index in [2.05, 4.69) is 29.2 Å². The lowest BCUT2D eigenvalue weighted by Gasteiger charge is -2.38. The van der Waals surface area contributed by atoms with Crippen LogP contribution in [0.2, 0.25) is 0 Å². The molecule has 1 N–H and O–H groups in total. The van der Waals surface area contributed by atoms with Crippen LogP contribution in [-0.2, 0) is 11.2 Å². The second-order valence-corrected chi connectivity index (χ2v) is 4.81. The molecule has 1 heterocycles. The molecule has 0 aromatic heterocycles. The summed E-state index contributed by atoms with van der Waals surface area (Å²) in [5.41, 5.74) is 1.38. The minimum Gasteiger partial charge on any atom is -0.481 e. The Morgan fingerprint density at radius 3 is 2.65 bits per heavy atom. The van der Waals surface area contributed by atoms with E-state index in [1.165, 1.54) is 5.56 Å². The maximum atomic E-state index is 10.5.